The average molecular weight is 280 g/mol. The summed E-state index contributed by atoms with van der Waals surface area (Å²) in [7, 11) is 0. The summed E-state index contributed by atoms with van der Waals surface area (Å²) in [6, 6.07) is 7.11. The molecular formula is C16H22ClNO. The fourth-order valence-corrected chi connectivity index (χ4v) is 3.00. The molecule has 0 spiro atoms. The normalized spacial score (nSPS) is 27.5. The molecule has 1 aliphatic heterocycles. The number of rotatable bonds is 4. The van der Waals surface area contributed by atoms with Crippen LogP contribution in [0.15, 0.2) is 18.2 Å². The van der Waals surface area contributed by atoms with Gasteiger partial charge in [-0.2, -0.15) is 0 Å². The Balaban J connectivity index is 1.72. The molecule has 2 nitrogen and oxygen atoms in total. The van der Waals surface area contributed by atoms with E-state index in [2.05, 4.69) is 23.5 Å². The molecule has 2 unspecified atom stereocenters. The first kappa shape index (κ1) is 13.4. The molecule has 1 N–H and O–H groups in total. The molecule has 19 heavy (non-hydrogen) atoms. The molecule has 0 bridgehead atoms. The molecule has 0 amide bonds. The first-order valence-corrected chi connectivity index (χ1v) is 7.73. The Kier molecular flexibility index (Phi) is 4.11. The molecule has 1 aromatic carbocycles. The molecule has 104 valence electrons. The van der Waals surface area contributed by atoms with Crippen LogP contribution in [0.3, 0.4) is 0 Å². The van der Waals surface area contributed by atoms with Crippen LogP contribution in [-0.4, -0.2) is 19.2 Å². The van der Waals surface area contributed by atoms with Gasteiger partial charge in [0.2, 0.25) is 0 Å². The van der Waals surface area contributed by atoms with Crippen LogP contribution in [-0.2, 0) is 4.74 Å². The van der Waals surface area contributed by atoms with Crippen molar-refractivity contribution in [2.24, 2.45) is 5.92 Å². The summed E-state index contributed by atoms with van der Waals surface area (Å²) >= 11 is 6.25. The van der Waals surface area contributed by atoms with Gasteiger partial charge in [-0.15, -0.1) is 0 Å². The van der Waals surface area contributed by atoms with E-state index in [1.54, 1.807) is 0 Å². The topological polar surface area (TPSA) is 21.3 Å². The van der Waals surface area contributed by atoms with E-state index < -0.39 is 0 Å². The Labute approximate surface area is 120 Å². The highest BCUT2D eigenvalue weighted by molar-refractivity contribution is 6.31. The van der Waals surface area contributed by atoms with Crippen molar-refractivity contribution in [1.29, 1.82) is 0 Å². The lowest BCUT2D eigenvalue weighted by Gasteiger charge is -2.32. The Morgan fingerprint density at radius 3 is 2.89 bits per heavy atom. The first-order valence-electron chi connectivity index (χ1n) is 7.35. The van der Waals surface area contributed by atoms with Crippen LogP contribution in [0.5, 0.6) is 0 Å². The minimum Gasteiger partial charge on any atom is -0.373 e. The van der Waals surface area contributed by atoms with E-state index in [1.807, 2.05) is 6.92 Å². The maximum absolute atomic E-state index is 6.25. The van der Waals surface area contributed by atoms with Gasteiger partial charge >= 0.3 is 0 Å². The third-order valence-electron chi connectivity index (χ3n) is 4.22. The molecule has 3 rings (SSSR count). The highest BCUT2D eigenvalue weighted by Gasteiger charge is 2.29. The molecule has 1 saturated carbocycles. The second-order valence-corrected chi connectivity index (χ2v) is 6.29. The Hall–Kier alpha value is -0.570. The molecule has 3 heteroatoms. The van der Waals surface area contributed by atoms with Crippen molar-refractivity contribution < 1.29 is 4.74 Å². The molecular weight excluding hydrogens is 258 g/mol. The van der Waals surface area contributed by atoms with Crippen LogP contribution in [0.25, 0.3) is 0 Å². The maximum Gasteiger partial charge on any atom is 0.0865 e. The Morgan fingerprint density at radius 2 is 2.16 bits per heavy atom. The monoisotopic (exact) mass is 279 g/mol. The number of halogens is 1. The van der Waals surface area contributed by atoms with E-state index in [0.717, 1.165) is 29.8 Å². The van der Waals surface area contributed by atoms with E-state index >= 15 is 0 Å². The maximum atomic E-state index is 6.25. The lowest BCUT2D eigenvalue weighted by molar-refractivity contribution is -0.0278. The number of aryl methyl sites for hydroxylation is 1. The van der Waals surface area contributed by atoms with E-state index in [1.165, 1.54) is 31.2 Å². The molecule has 2 aliphatic rings. The van der Waals surface area contributed by atoms with Crippen molar-refractivity contribution in [2.75, 3.05) is 13.2 Å². The molecule has 2 fully saturated rings. The van der Waals surface area contributed by atoms with E-state index in [-0.39, 0.29) is 6.10 Å². The highest BCUT2D eigenvalue weighted by Crippen LogP contribution is 2.35. The number of hydrogen-bond acceptors (Lipinski definition) is 2. The van der Waals surface area contributed by atoms with Crippen molar-refractivity contribution in [1.82, 2.24) is 5.32 Å². The van der Waals surface area contributed by atoms with Crippen molar-refractivity contribution in [3.8, 4) is 0 Å². The van der Waals surface area contributed by atoms with Crippen molar-refractivity contribution >= 4 is 11.6 Å². The summed E-state index contributed by atoms with van der Waals surface area (Å²) < 4.78 is 6.03. The predicted octanol–water partition coefficient (Wildman–Crippen LogP) is 3.87. The molecule has 0 aromatic heterocycles. The number of ether oxygens (including phenoxy) is 1. The van der Waals surface area contributed by atoms with Crippen LogP contribution in [0.1, 0.15) is 42.9 Å². The van der Waals surface area contributed by atoms with Crippen LogP contribution in [0, 0.1) is 12.8 Å². The number of benzene rings is 1. The van der Waals surface area contributed by atoms with Gasteiger partial charge in [0.05, 0.1) is 6.10 Å². The summed E-state index contributed by atoms with van der Waals surface area (Å²) in [5, 5.41) is 4.49. The summed E-state index contributed by atoms with van der Waals surface area (Å²) in [5.41, 5.74) is 2.37. The highest BCUT2D eigenvalue weighted by atomic mass is 35.5. The van der Waals surface area contributed by atoms with Gasteiger partial charge in [0.25, 0.3) is 0 Å². The first-order chi connectivity index (χ1) is 9.24. The van der Waals surface area contributed by atoms with Crippen LogP contribution in [0.4, 0.5) is 0 Å². The van der Waals surface area contributed by atoms with Crippen LogP contribution >= 0.6 is 11.6 Å². The lowest BCUT2D eigenvalue weighted by Crippen LogP contribution is -2.32. The SMILES string of the molecule is Cc1ccc(C2OCCCC2CNC2CC2)cc1Cl. The van der Waals surface area contributed by atoms with Gasteiger partial charge in [-0.25, -0.2) is 0 Å². The number of nitrogens with one attached hydrogen (secondary N) is 1. The molecule has 1 heterocycles. The van der Waals surface area contributed by atoms with Gasteiger partial charge < -0.3 is 10.1 Å². The van der Waals surface area contributed by atoms with E-state index in [4.69, 9.17) is 16.3 Å². The van der Waals surface area contributed by atoms with Gasteiger partial charge in [0, 0.05) is 30.1 Å². The lowest BCUT2D eigenvalue weighted by atomic mass is 9.89. The minimum absolute atomic E-state index is 0.207. The molecule has 1 saturated heterocycles. The quantitative estimate of drug-likeness (QED) is 0.903. The molecule has 1 aromatic rings. The third-order valence-corrected chi connectivity index (χ3v) is 4.62. The summed E-state index contributed by atoms with van der Waals surface area (Å²) in [6.07, 6.45) is 5.31. The zero-order chi connectivity index (χ0) is 13.2. The number of hydrogen-bond donors (Lipinski definition) is 1. The summed E-state index contributed by atoms with van der Waals surface area (Å²) in [6.45, 7) is 3.98. The summed E-state index contributed by atoms with van der Waals surface area (Å²) in [5.74, 6) is 0.577. The van der Waals surface area contributed by atoms with Gasteiger partial charge in [-0.3, -0.25) is 0 Å². The zero-order valence-electron chi connectivity index (χ0n) is 11.5. The van der Waals surface area contributed by atoms with Gasteiger partial charge in [-0.1, -0.05) is 23.7 Å². The zero-order valence-corrected chi connectivity index (χ0v) is 12.2. The Bertz CT molecular complexity index is 444. The molecule has 2 atom stereocenters. The largest absolute Gasteiger partial charge is 0.373 e. The van der Waals surface area contributed by atoms with Crippen molar-refractivity contribution in [3.63, 3.8) is 0 Å². The van der Waals surface area contributed by atoms with Crippen LogP contribution < -0.4 is 5.32 Å². The van der Waals surface area contributed by atoms with E-state index in [9.17, 15) is 0 Å². The second-order valence-electron chi connectivity index (χ2n) is 5.88. The van der Waals surface area contributed by atoms with Crippen LogP contribution in [0.2, 0.25) is 5.02 Å². The predicted molar refractivity (Wildman–Crippen MR) is 78.6 cm³/mol. The average Bonchev–Trinajstić information content (AvgIpc) is 3.24. The van der Waals surface area contributed by atoms with Crippen molar-refractivity contribution in [3.05, 3.63) is 34.3 Å². The fraction of sp³-hybridized carbons (Fsp3) is 0.625. The van der Waals surface area contributed by atoms with Gasteiger partial charge in [0.1, 0.15) is 0 Å². The van der Waals surface area contributed by atoms with Gasteiger partial charge in [-0.05, 0) is 49.8 Å². The standard InChI is InChI=1S/C16H22ClNO/c1-11-4-5-12(9-15(11)17)16-13(3-2-8-19-16)10-18-14-6-7-14/h4-5,9,13-14,16,18H,2-3,6-8,10H2,1H3. The summed E-state index contributed by atoms with van der Waals surface area (Å²) in [4.78, 5) is 0. The smallest absolute Gasteiger partial charge is 0.0865 e. The van der Waals surface area contributed by atoms with Crippen molar-refractivity contribution in [2.45, 2.75) is 44.8 Å². The second kappa shape index (κ2) is 5.82. The molecule has 0 radical (unpaired) electrons. The fourth-order valence-electron chi connectivity index (χ4n) is 2.81. The van der Waals surface area contributed by atoms with Gasteiger partial charge in [0.15, 0.2) is 0 Å². The Morgan fingerprint density at radius 1 is 1.32 bits per heavy atom. The third kappa shape index (κ3) is 3.31. The van der Waals surface area contributed by atoms with E-state index in [0.29, 0.717) is 5.92 Å². The molecule has 1 aliphatic carbocycles. The minimum atomic E-state index is 0.207.